The third-order valence-electron chi connectivity index (χ3n) is 7.27. The van der Waals surface area contributed by atoms with E-state index >= 15 is 0 Å². The van der Waals surface area contributed by atoms with Crippen molar-refractivity contribution < 1.29 is 0 Å². The van der Waals surface area contributed by atoms with E-state index in [1.165, 1.54) is 28.2 Å². The third-order valence-corrected chi connectivity index (χ3v) is 7.27. The first kappa shape index (κ1) is 39.5. The Morgan fingerprint density at radius 1 is 0.733 bits per heavy atom. The Morgan fingerprint density at radius 3 is 1.73 bits per heavy atom. The van der Waals surface area contributed by atoms with E-state index in [0.29, 0.717) is 0 Å². The molecule has 0 aliphatic carbocycles. The summed E-state index contributed by atoms with van der Waals surface area (Å²) in [6.07, 6.45) is 6.91. The average Bonchev–Trinajstić information content (AvgIpc) is 3.51. The molecule has 0 aromatic carbocycles. The lowest BCUT2D eigenvalue weighted by Gasteiger charge is -2.20. The van der Waals surface area contributed by atoms with Gasteiger partial charge in [-0.2, -0.15) is 0 Å². The maximum Gasteiger partial charge on any atom is 0.0841 e. The molecule has 0 aliphatic rings. The van der Waals surface area contributed by atoms with Crippen molar-refractivity contribution >= 4 is 0 Å². The van der Waals surface area contributed by atoms with Gasteiger partial charge in [0.05, 0.1) is 22.8 Å². The highest BCUT2D eigenvalue weighted by atomic mass is 15.4. The summed E-state index contributed by atoms with van der Waals surface area (Å²) in [6.45, 7) is 27.2. The van der Waals surface area contributed by atoms with Crippen molar-refractivity contribution in [3.8, 4) is 0 Å². The van der Waals surface area contributed by atoms with E-state index in [1.54, 1.807) is 0 Å². The van der Waals surface area contributed by atoms with Crippen molar-refractivity contribution in [3.63, 3.8) is 0 Å². The molecule has 250 valence electrons. The van der Waals surface area contributed by atoms with Crippen LogP contribution >= 0.6 is 0 Å². The standard InChI is InChI=1S/C10H20N4.C9H18N4.2C8H11N/c1-8-9(14(5)13-12-8)6-7-11-10(2,3)4;1-5-13(6-2)7-9-8(3)10-11-12(9)4;1-3-8-5-4-7(2)9-6-8;1-3-8-5-4-7(2)6-9-8/h11H,6-7H2,1-5H3;5-7H2,1-4H3;2*4-6H,3H2,1-2H3. The van der Waals surface area contributed by atoms with Gasteiger partial charge in [-0.3, -0.25) is 24.2 Å². The number of hydrogen-bond donors (Lipinski definition) is 1. The molecular formula is C35H60N10. The molecule has 45 heavy (non-hydrogen) atoms. The molecule has 0 spiro atoms. The van der Waals surface area contributed by atoms with Crippen molar-refractivity contribution in [2.45, 2.75) is 108 Å². The van der Waals surface area contributed by atoms with Crippen LogP contribution in [0.3, 0.4) is 0 Å². The second kappa shape index (κ2) is 20.5. The van der Waals surface area contributed by atoms with Gasteiger partial charge in [-0.1, -0.05) is 50.3 Å². The molecule has 4 aromatic heterocycles. The average molecular weight is 621 g/mol. The third kappa shape index (κ3) is 15.9. The zero-order valence-electron chi connectivity index (χ0n) is 30.4. The molecule has 0 saturated carbocycles. The molecule has 10 heteroatoms. The van der Waals surface area contributed by atoms with Crippen molar-refractivity contribution in [1.82, 2.24) is 50.2 Å². The molecule has 4 rings (SSSR count). The van der Waals surface area contributed by atoms with E-state index < -0.39 is 0 Å². The Kier molecular flexibility index (Phi) is 18.0. The second-order valence-electron chi connectivity index (χ2n) is 12.2. The SMILES string of the molecule is CCN(CC)Cc1c(C)nnn1C.CCc1ccc(C)cn1.CCc1ccc(C)nc1.Cc1nnn(C)c1CCNC(C)(C)C. The zero-order valence-corrected chi connectivity index (χ0v) is 30.4. The summed E-state index contributed by atoms with van der Waals surface area (Å²) in [4.78, 5) is 10.7. The van der Waals surface area contributed by atoms with Crippen molar-refractivity contribution in [1.29, 1.82) is 0 Å². The molecule has 0 aliphatic heterocycles. The van der Waals surface area contributed by atoms with Gasteiger partial charge in [-0.15, -0.1) is 10.2 Å². The van der Waals surface area contributed by atoms with Crippen LogP contribution in [0.1, 0.15) is 93.8 Å². The largest absolute Gasteiger partial charge is 0.312 e. The summed E-state index contributed by atoms with van der Waals surface area (Å²) in [6, 6.07) is 8.31. The maximum atomic E-state index is 4.20. The van der Waals surface area contributed by atoms with Crippen LogP contribution in [0.15, 0.2) is 36.7 Å². The first-order chi connectivity index (χ1) is 21.2. The summed E-state index contributed by atoms with van der Waals surface area (Å²) in [5, 5.41) is 19.4. The highest BCUT2D eigenvalue weighted by Gasteiger charge is 2.11. The van der Waals surface area contributed by atoms with Crippen LogP contribution in [0, 0.1) is 27.7 Å². The fraction of sp³-hybridized carbons (Fsp3) is 0.600. The molecule has 4 aromatic rings. The summed E-state index contributed by atoms with van der Waals surface area (Å²) in [5.41, 5.74) is 9.46. The molecule has 0 bridgehead atoms. The van der Waals surface area contributed by atoms with Gasteiger partial charge >= 0.3 is 0 Å². The Morgan fingerprint density at radius 2 is 1.33 bits per heavy atom. The number of hydrogen-bond acceptors (Lipinski definition) is 8. The highest BCUT2D eigenvalue weighted by molar-refractivity contribution is 5.13. The Bertz CT molecular complexity index is 1240. The zero-order chi connectivity index (χ0) is 34.0. The monoisotopic (exact) mass is 621 g/mol. The van der Waals surface area contributed by atoms with Crippen molar-refractivity contribution in [2.24, 2.45) is 14.1 Å². The van der Waals surface area contributed by atoms with Gasteiger partial charge in [0.1, 0.15) is 0 Å². The molecule has 0 radical (unpaired) electrons. The van der Waals surface area contributed by atoms with Crippen LogP contribution < -0.4 is 5.32 Å². The van der Waals surface area contributed by atoms with E-state index in [2.05, 4.69) is 107 Å². The number of nitrogens with zero attached hydrogens (tertiary/aromatic N) is 9. The minimum Gasteiger partial charge on any atom is -0.312 e. The van der Waals surface area contributed by atoms with Crippen LogP contribution in [0.4, 0.5) is 0 Å². The normalized spacial score (nSPS) is 10.8. The van der Waals surface area contributed by atoms with Crippen LogP contribution in [-0.4, -0.2) is 70.0 Å². The summed E-state index contributed by atoms with van der Waals surface area (Å²) in [7, 11) is 3.88. The minimum absolute atomic E-state index is 0.180. The number of pyridine rings is 2. The first-order valence-electron chi connectivity index (χ1n) is 16.2. The van der Waals surface area contributed by atoms with E-state index in [1.807, 2.05) is 69.6 Å². The van der Waals surface area contributed by atoms with Crippen LogP contribution in [-0.2, 0) is 39.9 Å². The van der Waals surface area contributed by atoms with E-state index in [9.17, 15) is 0 Å². The Hall–Kier alpha value is -3.50. The molecule has 0 fully saturated rings. The lowest BCUT2D eigenvalue weighted by atomic mass is 10.1. The molecule has 0 saturated heterocycles. The first-order valence-corrected chi connectivity index (χ1v) is 16.2. The molecule has 0 unspecified atom stereocenters. The van der Waals surface area contributed by atoms with Gasteiger partial charge in [0, 0.05) is 62.9 Å². The van der Waals surface area contributed by atoms with Gasteiger partial charge in [0.2, 0.25) is 0 Å². The van der Waals surface area contributed by atoms with Gasteiger partial charge in [0.25, 0.3) is 0 Å². The fourth-order valence-electron chi connectivity index (χ4n) is 4.15. The number of nitrogens with one attached hydrogen (secondary N) is 1. The van der Waals surface area contributed by atoms with Gasteiger partial charge < -0.3 is 5.32 Å². The highest BCUT2D eigenvalue weighted by Crippen LogP contribution is 2.06. The van der Waals surface area contributed by atoms with Gasteiger partial charge in [-0.25, -0.2) is 0 Å². The smallest absolute Gasteiger partial charge is 0.0841 e. The van der Waals surface area contributed by atoms with Crippen LogP contribution in [0.5, 0.6) is 0 Å². The van der Waals surface area contributed by atoms with E-state index in [-0.39, 0.29) is 5.54 Å². The maximum absolute atomic E-state index is 4.20. The second-order valence-corrected chi connectivity index (χ2v) is 12.2. The minimum atomic E-state index is 0.180. The fourth-order valence-corrected chi connectivity index (χ4v) is 4.15. The summed E-state index contributed by atoms with van der Waals surface area (Å²) >= 11 is 0. The topological polar surface area (TPSA) is 102 Å². The predicted octanol–water partition coefficient (Wildman–Crippen LogP) is 5.92. The quantitative estimate of drug-likeness (QED) is 0.246. The van der Waals surface area contributed by atoms with Crippen LogP contribution in [0.2, 0.25) is 0 Å². The van der Waals surface area contributed by atoms with Crippen molar-refractivity contribution in [3.05, 3.63) is 81.9 Å². The number of aryl methyl sites for hydroxylation is 8. The molecule has 0 atom stereocenters. The summed E-state index contributed by atoms with van der Waals surface area (Å²) < 4.78 is 3.70. The van der Waals surface area contributed by atoms with Crippen molar-refractivity contribution in [2.75, 3.05) is 19.6 Å². The number of aromatic nitrogens is 8. The van der Waals surface area contributed by atoms with Crippen LogP contribution in [0.25, 0.3) is 0 Å². The molecule has 1 N–H and O–H groups in total. The molecular weight excluding hydrogens is 560 g/mol. The van der Waals surface area contributed by atoms with E-state index in [0.717, 1.165) is 62.5 Å². The van der Waals surface area contributed by atoms with Gasteiger partial charge in [-0.05, 0) is 97.7 Å². The van der Waals surface area contributed by atoms with E-state index in [4.69, 9.17) is 0 Å². The molecule has 0 amide bonds. The lowest BCUT2D eigenvalue weighted by Crippen LogP contribution is -2.37. The lowest BCUT2D eigenvalue weighted by molar-refractivity contribution is 0.287. The predicted molar refractivity (Wildman–Crippen MR) is 186 cm³/mol. The molecule has 10 nitrogen and oxygen atoms in total. The molecule has 4 heterocycles. The van der Waals surface area contributed by atoms with Gasteiger partial charge in [0.15, 0.2) is 0 Å². The Balaban J connectivity index is 0.000000306. The number of rotatable bonds is 9. The summed E-state index contributed by atoms with van der Waals surface area (Å²) in [5.74, 6) is 0. The Labute approximate surface area is 273 Å².